The molecule has 78 valence electrons. The molecule has 1 aliphatic rings. The maximum absolute atomic E-state index is 9.52. The van der Waals surface area contributed by atoms with E-state index in [4.69, 9.17) is 4.52 Å². The summed E-state index contributed by atoms with van der Waals surface area (Å²) in [6.07, 6.45) is 2.03. The number of aromatic nitrogens is 1. The molecule has 0 unspecified atom stereocenters. The SMILES string of the molecule is Cc1cc([C@@]2(CO)CCCN2C)on1. The molecule has 0 aliphatic carbocycles. The first-order valence-electron chi connectivity index (χ1n) is 4.95. The standard InChI is InChI=1S/C10H16N2O2/c1-8-6-9(14-11-8)10(7-13)4-3-5-12(10)2/h6,13H,3-5,7H2,1-2H3/t10-/m0/s1. The highest BCUT2D eigenvalue weighted by Gasteiger charge is 2.43. The fourth-order valence-corrected chi connectivity index (χ4v) is 2.19. The molecule has 0 radical (unpaired) electrons. The normalized spacial score (nSPS) is 28.5. The number of aliphatic hydroxyl groups is 1. The number of rotatable bonds is 2. The maximum atomic E-state index is 9.52. The molecule has 0 aromatic carbocycles. The van der Waals surface area contributed by atoms with Crippen molar-refractivity contribution in [3.63, 3.8) is 0 Å². The van der Waals surface area contributed by atoms with Gasteiger partial charge in [-0.15, -0.1) is 0 Å². The zero-order valence-corrected chi connectivity index (χ0v) is 8.66. The fourth-order valence-electron chi connectivity index (χ4n) is 2.19. The Morgan fingerprint density at radius 3 is 2.93 bits per heavy atom. The Morgan fingerprint density at radius 2 is 2.50 bits per heavy atom. The van der Waals surface area contributed by atoms with Crippen LogP contribution >= 0.6 is 0 Å². The topological polar surface area (TPSA) is 49.5 Å². The molecule has 4 nitrogen and oxygen atoms in total. The predicted octanol–water partition coefficient (Wildman–Crippen LogP) is 0.896. The number of likely N-dealkylation sites (N-methyl/N-ethyl adjacent to an activating group) is 1. The first-order valence-corrected chi connectivity index (χ1v) is 4.95. The molecule has 0 bridgehead atoms. The molecule has 2 rings (SSSR count). The summed E-state index contributed by atoms with van der Waals surface area (Å²) in [5, 5.41) is 13.4. The minimum Gasteiger partial charge on any atom is -0.394 e. The van der Waals surface area contributed by atoms with Gasteiger partial charge in [-0.3, -0.25) is 4.90 Å². The summed E-state index contributed by atoms with van der Waals surface area (Å²) in [6.45, 7) is 2.99. The highest BCUT2D eigenvalue weighted by molar-refractivity contribution is 5.16. The third-order valence-electron chi connectivity index (χ3n) is 3.16. The Balaban J connectivity index is 2.37. The molecule has 0 spiro atoms. The van der Waals surface area contributed by atoms with Gasteiger partial charge in [0.05, 0.1) is 12.3 Å². The molecule has 1 N–H and O–H groups in total. The summed E-state index contributed by atoms with van der Waals surface area (Å²) >= 11 is 0. The van der Waals surface area contributed by atoms with Gasteiger partial charge >= 0.3 is 0 Å². The van der Waals surface area contributed by atoms with E-state index < -0.39 is 0 Å². The van der Waals surface area contributed by atoms with Crippen molar-refractivity contribution in [2.75, 3.05) is 20.2 Å². The van der Waals surface area contributed by atoms with Gasteiger partial charge in [0.2, 0.25) is 0 Å². The summed E-state index contributed by atoms with van der Waals surface area (Å²) in [4.78, 5) is 2.15. The lowest BCUT2D eigenvalue weighted by molar-refractivity contribution is 0.0568. The van der Waals surface area contributed by atoms with E-state index in [0.29, 0.717) is 0 Å². The van der Waals surface area contributed by atoms with Crippen molar-refractivity contribution >= 4 is 0 Å². The smallest absolute Gasteiger partial charge is 0.159 e. The molecule has 2 heterocycles. The second kappa shape index (κ2) is 3.37. The largest absolute Gasteiger partial charge is 0.394 e. The van der Waals surface area contributed by atoms with Crippen molar-refractivity contribution in [2.24, 2.45) is 0 Å². The molecule has 1 atom stereocenters. The van der Waals surface area contributed by atoms with Gasteiger partial charge in [-0.05, 0) is 33.4 Å². The number of aliphatic hydroxyl groups excluding tert-OH is 1. The van der Waals surface area contributed by atoms with E-state index in [1.807, 2.05) is 20.0 Å². The van der Waals surface area contributed by atoms with Crippen LogP contribution in [0.1, 0.15) is 24.3 Å². The quantitative estimate of drug-likeness (QED) is 0.763. The van der Waals surface area contributed by atoms with Crippen LogP contribution in [0.2, 0.25) is 0 Å². The van der Waals surface area contributed by atoms with E-state index >= 15 is 0 Å². The average molecular weight is 196 g/mol. The minimum atomic E-state index is -0.332. The number of hydrogen-bond donors (Lipinski definition) is 1. The summed E-state index contributed by atoms with van der Waals surface area (Å²) < 4.78 is 5.26. The van der Waals surface area contributed by atoms with Crippen LogP contribution in [-0.2, 0) is 5.54 Å². The van der Waals surface area contributed by atoms with Gasteiger partial charge in [-0.2, -0.15) is 0 Å². The van der Waals surface area contributed by atoms with E-state index in [0.717, 1.165) is 30.8 Å². The zero-order valence-electron chi connectivity index (χ0n) is 8.66. The molecular weight excluding hydrogens is 180 g/mol. The molecule has 1 aliphatic heterocycles. The van der Waals surface area contributed by atoms with E-state index in [2.05, 4.69) is 10.1 Å². The van der Waals surface area contributed by atoms with Gasteiger partial charge in [0.1, 0.15) is 5.54 Å². The van der Waals surface area contributed by atoms with Gasteiger partial charge in [0, 0.05) is 6.07 Å². The van der Waals surface area contributed by atoms with Gasteiger partial charge in [0.25, 0.3) is 0 Å². The first-order chi connectivity index (χ1) is 6.69. The van der Waals surface area contributed by atoms with Crippen molar-refractivity contribution in [3.8, 4) is 0 Å². The summed E-state index contributed by atoms with van der Waals surface area (Å²) in [5.74, 6) is 0.789. The number of hydrogen-bond acceptors (Lipinski definition) is 4. The molecule has 0 saturated carbocycles. The van der Waals surface area contributed by atoms with Crippen LogP contribution < -0.4 is 0 Å². The van der Waals surface area contributed by atoms with Crippen LogP contribution in [0.4, 0.5) is 0 Å². The summed E-state index contributed by atoms with van der Waals surface area (Å²) in [5.41, 5.74) is 0.537. The highest BCUT2D eigenvalue weighted by Crippen LogP contribution is 2.37. The molecule has 1 aromatic rings. The maximum Gasteiger partial charge on any atom is 0.159 e. The molecule has 0 amide bonds. The van der Waals surface area contributed by atoms with Crippen LogP contribution in [-0.4, -0.2) is 35.4 Å². The monoisotopic (exact) mass is 196 g/mol. The number of nitrogens with zero attached hydrogens (tertiary/aromatic N) is 2. The Hall–Kier alpha value is -0.870. The lowest BCUT2D eigenvalue weighted by atomic mass is 9.94. The van der Waals surface area contributed by atoms with Crippen LogP contribution in [0, 0.1) is 6.92 Å². The van der Waals surface area contributed by atoms with Gasteiger partial charge in [-0.1, -0.05) is 5.16 Å². The van der Waals surface area contributed by atoms with Crippen LogP contribution in [0.3, 0.4) is 0 Å². The summed E-state index contributed by atoms with van der Waals surface area (Å²) in [7, 11) is 2.01. The lowest BCUT2D eigenvalue weighted by Crippen LogP contribution is -2.41. The zero-order chi connectivity index (χ0) is 10.2. The van der Waals surface area contributed by atoms with Gasteiger partial charge in [0.15, 0.2) is 5.76 Å². The van der Waals surface area contributed by atoms with Crippen LogP contribution in [0.15, 0.2) is 10.6 Å². The third-order valence-corrected chi connectivity index (χ3v) is 3.16. The van der Waals surface area contributed by atoms with Crippen LogP contribution in [0.25, 0.3) is 0 Å². The number of aryl methyl sites for hydroxylation is 1. The van der Waals surface area contributed by atoms with Crippen LogP contribution in [0.5, 0.6) is 0 Å². The second-order valence-electron chi connectivity index (χ2n) is 4.05. The molecule has 1 saturated heterocycles. The Labute approximate surface area is 83.5 Å². The molecule has 4 heteroatoms. The Bertz CT molecular complexity index is 324. The van der Waals surface area contributed by atoms with Crippen molar-refractivity contribution in [3.05, 3.63) is 17.5 Å². The molecule has 1 aromatic heterocycles. The second-order valence-corrected chi connectivity index (χ2v) is 4.05. The van der Waals surface area contributed by atoms with Gasteiger partial charge in [-0.25, -0.2) is 0 Å². The Kier molecular flexibility index (Phi) is 2.33. The van der Waals surface area contributed by atoms with Crippen molar-refractivity contribution in [2.45, 2.75) is 25.3 Å². The van der Waals surface area contributed by atoms with Gasteiger partial charge < -0.3 is 9.63 Å². The third kappa shape index (κ3) is 1.26. The van der Waals surface area contributed by atoms with Crippen molar-refractivity contribution in [1.29, 1.82) is 0 Å². The highest BCUT2D eigenvalue weighted by atomic mass is 16.5. The van der Waals surface area contributed by atoms with E-state index in [1.165, 1.54) is 0 Å². The average Bonchev–Trinajstić information content (AvgIpc) is 2.73. The van der Waals surface area contributed by atoms with Crippen molar-refractivity contribution in [1.82, 2.24) is 10.1 Å². The van der Waals surface area contributed by atoms with Crippen molar-refractivity contribution < 1.29 is 9.63 Å². The predicted molar refractivity (Wildman–Crippen MR) is 51.9 cm³/mol. The minimum absolute atomic E-state index is 0.0954. The lowest BCUT2D eigenvalue weighted by Gasteiger charge is -2.31. The molecule has 1 fully saturated rings. The fraction of sp³-hybridized carbons (Fsp3) is 0.700. The first kappa shape index (κ1) is 9.68. The van der Waals surface area contributed by atoms with E-state index in [1.54, 1.807) is 0 Å². The van der Waals surface area contributed by atoms with E-state index in [9.17, 15) is 5.11 Å². The molecule has 14 heavy (non-hydrogen) atoms. The molecular formula is C10H16N2O2. The van der Waals surface area contributed by atoms with E-state index in [-0.39, 0.29) is 12.1 Å². The Morgan fingerprint density at radius 1 is 1.71 bits per heavy atom. The summed E-state index contributed by atoms with van der Waals surface area (Å²) in [6, 6.07) is 1.91. The number of likely N-dealkylation sites (tertiary alicyclic amines) is 1.